The summed E-state index contributed by atoms with van der Waals surface area (Å²) in [5.41, 5.74) is 2.13. The molecule has 24 heavy (non-hydrogen) atoms. The lowest BCUT2D eigenvalue weighted by atomic mass is 10.0. The number of nitrogens with one attached hydrogen (secondary N) is 2. The van der Waals surface area contributed by atoms with E-state index in [1.165, 1.54) is 17.7 Å². The van der Waals surface area contributed by atoms with Gasteiger partial charge in [0.05, 0.1) is 5.02 Å². The third-order valence-corrected chi connectivity index (χ3v) is 3.68. The maximum Gasteiger partial charge on any atom is 0.233 e. The Bertz CT molecular complexity index is 745. The second-order valence-corrected chi connectivity index (χ2v) is 6.09. The van der Waals surface area contributed by atoms with Crippen molar-refractivity contribution in [1.82, 2.24) is 0 Å². The van der Waals surface area contributed by atoms with Gasteiger partial charge in [0.15, 0.2) is 0 Å². The number of anilines is 2. The van der Waals surface area contributed by atoms with Gasteiger partial charge in [-0.1, -0.05) is 37.6 Å². The summed E-state index contributed by atoms with van der Waals surface area (Å²) in [4.78, 5) is 23.7. The van der Waals surface area contributed by atoms with Gasteiger partial charge in [0.1, 0.15) is 12.2 Å². The van der Waals surface area contributed by atoms with Gasteiger partial charge < -0.3 is 10.6 Å². The Morgan fingerprint density at radius 1 is 1.00 bits per heavy atom. The number of amides is 2. The van der Waals surface area contributed by atoms with Crippen molar-refractivity contribution in [3.8, 4) is 0 Å². The highest BCUT2D eigenvalue weighted by Gasteiger charge is 2.11. The number of rotatable bonds is 5. The summed E-state index contributed by atoms with van der Waals surface area (Å²) in [6, 6.07) is 11.3. The lowest BCUT2D eigenvalue weighted by Gasteiger charge is -2.09. The average molecular weight is 349 g/mol. The van der Waals surface area contributed by atoms with Crippen molar-refractivity contribution in [2.75, 3.05) is 10.6 Å². The van der Waals surface area contributed by atoms with E-state index in [9.17, 15) is 14.0 Å². The topological polar surface area (TPSA) is 58.2 Å². The third-order valence-electron chi connectivity index (χ3n) is 3.39. The molecule has 2 N–H and O–H groups in total. The summed E-state index contributed by atoms with van der Waals surface area (Å²) >= 11 is 5.64. The van der Waals surface area contributed by atoms with Crippen molar-refractivity contribution in [2.45, 2.75) is 26.2 Å². The lowest BCUT2D eigenvalue weighted by molar-refractivity contribution is -0.123. The van der Waals surface area contributed by atoms with Crippen LogP contribution in [0.5, 0.6) is 0 Å². The Hall–Kier alpha value is -2.40. The number of carbonyl (C=O) groups excluding carboxylic acids is 2. The molecule has 0 aliphatic carbocycles. The van der Waals surface area contributed by atoms with Gasteiger partial charge in [-0.05, 0) is 41.8 Å². The molecule has 0 saturated carbocycles. The molecule has 0 aromatic heterocycles. The highest BCUT2D eigenvalue weighted by atomic mass is 35.5. The maximum absolute atomic E-state index is 13.1. The van der Waals surface area contributed by atoms with Gasteiger partial charge in [-0.15, -0.1) is 0 Å². The van der Waals surface area contributed by atoms with Gasteiger partial charge in [-0.2, -0.15) is 0 Å². The molecule has 2 aromatic carbocycles. The number of halogens is 2. The molecule has 126 valence electrons. The van der Waals surface area contributed by atoms with Crippen LogP contribution in [0.4, 0.5) is 15.8 Å². The van der Waals surface area contributed by atoms with E-state index in [-0.39, 0.29) is 11.4 Å². The summed E-state index contributed by atoms with van der Waals surface area (Å²) in [5, 5.41) is 5.06. The molecular weight excluding hydrogens is 331 g/mol. The standard InChI is InChI=1S/C18H18ClFN2O2/c1-11(2)12-3-5-13(6-4-12)21-17(23)10-18(24)22-14-7-8-16(20)15(19)9-14/h3-9,11H,10H2,1-2H3,(H,21,23)(H,22,24). The van der Waals surface area contributed by atoms with E-state index < -0.39 is 17.6 Å². The molecule has 0 aliphatic heterocycles. The van der Waals surface area contributed by atoms with Crippen LogP contribution in [-0.4, -0.2) is 11.8 Å². The van der Waals surface area contributed by atoms with E-state index in [0.29, 0.717) is 17.3 Å². The Labute approximate surface area is 145 Å². The van der Waals surface area contributed by atoms with E-state index in [2.05, 4.69) is 24.5 Å². The highest BCUT2D eigenvalue weighted by molar-refractivity contribution is 6.31. The second-order valence-electron chi connectivity index (χ2n) is 5.68. The van der Waals surface area contributed by atoms with Crippen LogP contribution in [0.3, 0.4) is 0 Å². The molecule has 0 bridgehead atoms. The fourth-order valence-electron chi connectivity index (χ4n) is 2.08. The molecule has 2 aromatic rings. The molecule has 0 radical (unpaired) electrons. The zero-order valence-electron chi connectivity index (χ0n) is 13.4. The van der Waals surface area contributed by atoms with Crippen molar-refractivity contribution in [3.05, 3.63) is 58.9 Å². The van der Waals surface area contributed by atoms with Gasteiger partial charge >= 0.3 is 0 Å². The van der Waals surface area contributed by atoms with Crippen molar-refractivity contribution in [1.29, 1.82) is 0 Å². The minimum atomic E-state index is -0.572. The smallest absolute Gasteiger partial charge is 0.233 e. The van der Waals surface area contributed by atoms with Crippen LogP contribution in [0.2, 0.25) is 5.02 Å². The highest BCUT2D eigenvalue weighted by Crippen LogP contribution is 2.20. The average Bonchev–Trinajstić information content (AvgIpc) is 2.51. The van der Waals surface area contributed by atoms with Crippen LogP contribution in [0, 0.1) is 5.82 Å². The molecule has 2 rings (SSSR count). The molecular formula is C18H18ClFN2O2. The molecule has 0 spiro atoms. The number of benzene rings is 2. The Morgan fingerprint density at radius 3 is 2.08 bits per heavy atom. The predicted molar refractivity (Wildman–Crippen MR) is 93.8 cm³/mol. The normalized spacial score (nSPS) is 10.5. The van der Waals surface area contributed by atoms with E-state index in [0.717, 1.165) is 6.07 Å². The second kappa shape index (κ2) is 7.93. The number of hydrogen-bond acceptors (Lipinski definition) is 2. The van der Waals surface area contributed by atoms with Crippen LogP contribution in [0.15, 0.2) is 42.5 Å². The van der Waals surface area contributed by atoms with Gasteiger partial charge in [0.25, 0.3) is 0 Å². The van der Waals surface area contributed by atoms with Crippen LogP contribution < -0.4 is 10.6 Å². The minimum Gasteiger partial charge on any atom is -0.326 e. The predicted octanol–water partition coefficient (Wildman–Crippen LogP) is 4.57. The lowest BCUT2D eigenvalue weighted by Crippen LogP contribution is -2.21. The summed E-state index contributed by atoms with van der Waals surface area (Å²) in [6.45, 7) is 4.17. The van der Waals surface area contributed by atoms with Crippen molar-refractivity contribution in [2.24, 2.45) is 0 Å². The third kappa shape index (κ3) is 5.06. The van der Waals surface area contributed by atoms with Crippen LogP contribution >= 0.6 is 11.6 Å². The quantitative estimate of drug-likeness (QED) is 0.777. The summed E-state index contributed by atoms with van der Waals surface area (Å²) < 4.78 is 13.1. The van der Waals surface area contributed by atoms with E-state index >= 15 is 0 Å². The maximum atomic E-state index is 13.1. The Balaban J connectivity index is 1.89. The minimum absolute atomic E-state index is 0.0949. The molecule has 0 unspecified atom stereocenters. The first-order valence-electron chi connectivity index (χ1n) is 7.50. The first-order chi connectivity index (χ1) is 11.3. The molecule has 2 amide bonds. The number of carbonyl (C=O) groups is 2. The monoisotopic (exact) mass is 348 g/mol. The molecule has 0 atom stereocenters. The molecule has 4 nitrogen and oxygen atoms in total. The molecule has 6 heteroatoms. The first-order valence-corrected chi connectivity index (χ1v) is 7.87. The van der Waals surface area contributed by atoms with Gasteiger partial charge in [0, 0.05) is 11.4 Å². The largest absolute Gasteiger partial charge is 0.326 e. The Morgan fingerprint density at radius 2 is 1.54 bits per heavy atom. The molecule has 0 fully saturated rings. The van der Waals surface area contributed by atoms with Crippen LogP contribution in [0.1, 0.15) is 31.7 Å². The van der Waals surface area contributed by atoms with Gasteiger partial charge in [-0.25, -0.2) is 4.39 Å². The van der Waals surface area contributed by atoms with E-state index in [1.807, 2.05) is 12.1 Å². The van der Waals surface area contributed by atoms with Crippen molar-refractivity contribution < 1.29 is 14.0 Å². The Kier molecular flexibility index (Phi) is 5.93. The summed E-state index contributed by atoms with van der Waals surface area (Å²) in [6.07, 6.45) is -0.346. The van der Waals surface area contributed by atoms with E-state index in [1.54, 1.807) is 12.1 Å². The van der Waals surface area contributed by atoms with Gasteiger partial charge in [0.2, 0.25) is 11.8 Å². The summed E-state index contributed by atoms with van der Waals surface area (Å²) in [7, 11) is 0. The van der Waals surface area contributed by atoms with E-state index in [4.69, 9.17) is 11.6 Å². The van der Waals surface area contributed by atoms with Crippen molar-refractivity contribution >= 4 is 34.8 Å². The van der Waals surface area contributed by atoms with Gasteiger partial charge in [-0.3, -0.25) is 9.59 Å². The first kappa shape index (κ1) is 17.9. The molecule has 0 aliphatic rings. The summed E-state index contributed by atoms with van der Waals surface area (Å²) in [5.74, 6) is -1.10. The fraction of sp³-hybridized carbons (Fsp3) is 0.222. The molecule has 0 heterocycles. The van der Waals surface area contributed by atoms with Crippen molar-refractivity contribution in [3.63, 3.8) is 0 Å². The van der Waals surface area contributed by atoms with Crippen LogP contribution in [-0.2, 0) is 9.59 Å². The molecule has 0 saturated heterocycles. The zero-order valence-corrected chi connectivity index (χ0v) is 14.2. The SMILES string of the molecule is CC(C)c1ccc(NC(=O)CC(=O)Nc2ccc(F)c(Cl)c2)cc1. The number of hydrogen-bond donors (Lipinski definition) is 2. The fourth-order valence-corrected chi connectivity index (χ4v) is 2.26. The van der Waals surface area contributed by atoms with Crippen LogP contribution in [0.25, 0.3) is 0 Å². The zero-order chi connectivity index (χ0) is 17.7.